The highest BCUT2D eigenvalue weighted by Gasteiger charge is 2.32. The van der Waals surface area contributed by atoms with Crippen LogP contribution in [0.1, 0.15) is 22.8 Å². The quantitative estimate of drug-likeness (QED) is 0.573. The SMILES string of the molecule is Cc1cccc(Nc2nc(N)nc(CN3C[C@@H](Cc4cc(C)no4)[C@@H](O)C3)n2)c1. The molecule has 4 N–H and O–H groups in total. The topological polar surface area (TPSA) is 126 Å². The first-order chi connectivity index (χ1) is 13.9. The fourth-order valence-electron chi connectivity index (χ4n) is 3.66. The van der Waals surface area contributed by atoms with E-state index >= 15 is 0 Å². The lowest BCUT2D eigenvalue weighted by Gasteiger charge is -2.15. The molecule has 3 aromatic rings. The molecule has 1 aliphatic heterocycles. The highest BCUT2D eigenvalue weighted by atomic mass is 16.5. The molecule has 0 radical (unpaired) electrons. The minimum Gasteiger partial charge on any atom is -0.391 e. The van der Waals surface area contributed by atoms with Gasteiger partial charge in [-0.1, -0.05) is 17.3 Å². The summed E-state index contributed by atoms with van der Waals surface area (Å²) in [6.07, 6.45) is 0.211. The summed E-state index contributed by atoms with van der Waals surface area (Å²) in [7, 11) is 0. The van der Waals surface area contributed by atoms with Crippen LogP contribution in [0.4, 0.5) is 17.6 Å². The van der Waals surface area contributed by atoms with E-state index in [1.54, 1.807) is 0 Å². The smallest absolute Gasteiger partial charge is 0.232 e. The van der Waals surface area contributed by atoms with Crippen LogP contribution in [0.3, 0.4) is 0 Å². The number of aryl methyl sites for hydroxylation is 2. The Labute approximate surface area is 169 Å². The fraction of sp³-hybridized carbons (Fsp3) is 0.400. The van der Waals surface area contributed by atoms with Crippen LogP contribution >= 0.6 is 0 Å². The van der Waals surface area contributed by atoms with Crippen molar-refractivity contribution in [2.75, 3.05) is 24.1 Å². The number of aliphatic hydroxyl groups excluding tert-OH is 1. The Morgan fingerprint density at radius 2 is 2.07 bits per heavy atom. The summed E-state index contributed by atoms with van der Waals surface area (Å²) in [6.45, 7) is 5.65. The van der Waals surface area contributed by atoms with Crippen LogP contribution in [0, 0.1) is 19.8 Å². The fourth-order valence-corrected chi connectivity index (χ4v) is 3.66. The average molecular weight is 395 g/mol. The molecule has 3 heterocycles. The number of rotatable bonds is 6. The third kappa shape index (κ3) is 4.87. The molecule has 4 rings (SSSR count). The van der Waals surface area contributed by atoms with E-state index in [-0.39, 0.29) is 11.9 Å². The third-order valence-electron chi connectivity index (χ3n) is 4.96. The summed E-state index contributed by atoms with van der Waals surface area (Å²) in [5.41, 5.74) is 8.76. The van der Waals surface area contributed by atoms with E-state index in [0.29, 0.717) is 37.8 Å². The monoisotopic (exact) mass is 395 g/mol. The van der Waals surface area contributed by atoms with Gasteiger partial charge in [0.05, 0.1) is 18.3 Å². The summed E-state index contributed by atoms with van der Waals surface area (Å²) < 4.78 is 5.29. The number of β-amino-alcohol motifs (C(OH)–C–C–N with tert-alkyl or cyclic N) is 1. The second-order valence-electron chi connectivity index (χ2n) is 7.59. The van der Waals surface area contributed by atoms with Gasteiger partial charge in [-0.15, -0.1) is 0 Å². The minimum atomic E-state index is -0.440. The number of nitrogen functional groups attached to an aromatic ring is 1. The lowest BCUT2D eigenvalue weighted by molar-refractivity contribution is 0.137. The van der Waals surface area contributed by atoms with Crippen molar-refractivity contribution in [3.63, 3.8) is 0 Å². The second kappa shape index (κ2) is 8.14. The number of likely N-dealkylation sites (tertiary alicyclic amines) is 1. The lowest BCUT2D eigenvalue weighted by Crippen LogP contribution is -2.23. The summed E-state index contributed by atoms with van der Waals surface area (Å²) >= 11 is 0. The van der Waals surface area contributed by atoms with E-state index in [0.717, 1.165) is 22.7 Å². The number of benzene rings is 1. The Morgan fingerprint density at radius 1 is 1.21 bits per heavy atom. The van der Waals surface area contributed by atoms with E-state index < -0.39 is 6.10 Å². The molecule has 0 aliphatic carbocycles. The Hall–Kier alpha value is -3.04. The molecule has 0 amide bonds. The van der Waals surface area contributed by atoms with Crippen molar-refractivity contribution >= 4 is 17.6 Å². The van der Waals surface area contributed by atoms with Crippen LogP contribution in [-0.2, 0) is 13.0 Å². The van der Waals surface area contributed by atoms with E-state index in [1.807, 2.05) is 44.2 Å². The standard InChI is InChI=1S/C20H25N7O2/c1-12-4-3-5-15(6-12)22-20-24-18(23-19(21)25-20)11-27-9-14(17(28)10-27)8-16-7-13(2)26-29-16/h3-7,14,17,28H,8-11H2,1-2H3,(H3,21,22,23,24,25)/t14-,17+/m1/s1. The number of anilines is 3. The zero-order chi connectivity index (χ0) is 20.4. The predicted octanol–water partition coefficient (Wildman–Crippen LogP) is 1.84. The first-order valence-corrected chi connectivity index (χ1v) is 9.61. The number of nitrogens with zero attached hydrogens (tertiary/aromatic N) is 5. The van der Waals surface area contributed by atoms with Crippen molar-refractivity contribution in [3.8, 4) is 0 Å². The second-order valence-corrected chi connectivity index (χ2v) is 7.59. The van der Waals surface area contributed by atoms with Gasteiger partial charge in [-0.25, -0.2) is 0 Å². The number of aromatic nitrogens is 4. The molecule has 2 atom stereocenters. The van der Waals surface area contributed by atoms with E-state index in [2.05, 4.69) is 30.3 Å². The highest BCUT2D eigenvalue weighted by molar-refractivity contribution is 5.54. The maximum atomic E-state index is 10.4. The average Bonchev–Trinajstić information content (AvgIpc) is 3.20. The third-order valence-corrected chi connectivity index (χ3v) is 4.96. The van der Waals surface area contributed by atoms with Gasteiger partial charge in [0.15, 0.2) is 0 Å². The summed E-state index contributed by atoms with van der Waals surface area (Å²) in [5, 5.41) is 17.5. The molecule has 29 heavy (non-hydrogen) atoms. The molecule has 0 spiro atoms. The Kier molecular flexibility index (Phi) is 5.41. The van der Waals surface area contributed by atoms with Crippen LogP contribution in [0.5, 0.6) is 0 Å². The van der Waals surface area contributed by atoms with Crippen molar-refractivity contribution in [1.82, 2.24) is 25.0 Å². The van der Waals surface area contributed by atoms with E-state index in [4.69, 9.17) is 10.3 Å². The van der Waals surface area contributed by atoms with Gasteiger partial charge in [0.2, 0.25) is 11.9 Å². The van der Waals surface area contributed by atoms with Crippen molar-refractivity contribution in [3.05, 3.63) is 53.2 Å². The van der Waals surface area contributed by atoms with Crippen molar-refractivity contribution in [1.29, 1.82) is 0 Å². The normalized spacial score (nSPS) is 19.6. The van der Waals surface area contributed by atoms with Crippen LogP contribution in [0.15, 0.2) is 34.9 Å². The van der Waals surface area contributed by atoms with Gasteiger partial charge >= 0.3 is 0 Å². The summed E-state index contributed by atoms with van der Waals surface area (Å²) in [6, 6.07) is 9.84. The van der Waals surface area contributed by atoms with Crippen molar-refractivity contribution in [2.24, 2.45) is 5.92 Å². The summed E-state index contributed by atoms with van der Waals surface area (Å²) in [4.78, 5) is 15.0. The predicted molar refractivity (Wildman–Crippen MR) is 108 cm³/mol. The zero-order valence-electron chi connectivity index (χ0n) is 16.5. The van der Waals surface area contributed by atoms with Crippen LogP contribution < -0.4 is 11.1 Å². The minimum absolute atomic E-state index is 0.0754. The number of nitrogens with two attached hydrogens (primary N) is 1. The van der Waals surface area contributed by atoms with E-state index in [9.17, 15) is 5.11 Å². The van der Waals surface area contributed by atoms with Gasteiger partial charge < -0.3 is 20.7 Å². The van der Waals surface area contributed by atoms with Gasteiger partial charge in [0.25, 0.3) is 0 Å². The van der Waals surface area contributed by atoms with Crippen molar-refractivity contribution in [2.45, 2.75) is 32.9 Å². The van der Waals surface area contributed by atoms with Crippen LogP contribution in [-0.4, -0.2) is 49.3 Å². The Balaban J connectivity index is 1.42. The van der Waals surface area contributed by atoms with Crippen molar-refractivity contribution < 1.29 is 9.63 Å². The molecular weight excluding hydrogens is 370 g/mol. The Bertz CT molecular complexity index is 990. The lowest BCUT2D eigenvalue weighted by atomic mass is 10.0. The first-order valence-electron chi connectivity index (χ1n) is 9.61. The highest BCUT2D eigenvalue weighted by Crippen LogP contribution is 2.23. The number of hydrogen-bond donors (Lipinski definition) is 3. The van der Waals surface area contributed by atoms with Gasteiger partial charge in [0, 0.05) is 37.2 Å². The van der Waals surface area contributed by atoms with Gasteiger partial charge in [-0.3, -0.25) is 4.90 Å². The molecule has 0 bridgehead atoms. The van der Waals surface area contributed by atoms with E-state index in [1.165, 1.54) is 0 Å². The van der Waals surface area contributed by atoms with Gasteiger partial charge in [0.1, 0.15) is 11.6 Å². The molecular formula is C20H25N7O2. The maximum Gasteiger partial charge on any atom is 0.232 e. The van der Waals surface area contributed by atoms with Gasteiger partial charge in [-0.2, -0.15) is 15.0 Å². The van der Waals surface area contributed by atoms with Crippen LogP contribution in [0.2, 0.25) is 0 Å². The van der Waals surface area contributed by atoms with Gasteiger partial charge in [-0.05, 0) is 31.5 Å². The van der Waals surface area contributed by atoms with Crippen LogP contribution in [0.25, 0.3) is 0 Å². The molecule has 0 unspecified atom stereocenters. The largest absolute Gasteiger partial charge is 0.391 e. The number of nitrogens with one attached hydrogen (secondary N) is 1. The zero-order valence-corrected chi connectivity index (χ0v) is 16.5. The summed E-state index contributed by atoms with van der Waals surface area (Å²) in [5.74, 6) is 2.01. The Morgan fingerprint density at radius 3 is 2.83 bits per heavy atom. The molecule has 1 aliphatic rings. The first kappa shape index (κ1) is 19.3. The molecule has 1 saturated heterocycles. The molecule has 1 aromatic carbocycles. The molecule has 0 saturated carbocycles. The molecule has 152 valence electrons. The number of aliphatic hydroxyl groups is 1. The number of hydrogen-bond acceptors (Lipinski definition) is 9. The molecule has 9 nitrogen and oxygen atoms in total. The molecule has 9 heteroatoms. The molecule has 1 fully saturated rings. The maximum absolute atomic E-state index is 10.4. The molecule has 2 aromatic heterocycles.